The first kappa shape index (κ1) is 29.2. The van der Waals surface area contributed by atoms with Gasteiger partial charge in [-0.15, -0.1) is 0 Å². The second-order valence-corrected chi connectivity index (χ2v) is 12.2. The van der Waals surface area contributed by atoms with Gasteiger partial charge >= 0.3 is 12.1 Å². The summed E-state index contributed by atoms with van der Waals surface area (Å²) in [4.78, 5) is 48.3. The molecule has 5 rings (SSSR count). The molecule has 10 heteroatoms. The maximum Gasteiger partial charge on any atom is 0.407 e. The molecule has 10 nitrogen and oxygen atoms in total. The van der Waals surface area contributed by atoms with Crippen LogP contribution in [-0.4, -0.2) is 52.2 Å². The van der Waals surface area contributed by atoms with Crippen molar-refractivity contribution in [3.8, 4) is 11.1 Å². The first-order valence-electron chi connectivity index (χ1n) is 14.5. The number of nitrogens with zero attached hydrogens (tertiary/aromatic N) is 1. The molecule has 0 saturated heterocycles. The number of anilines is 1. The molecular weight excluding hydrogens is 536 g/mol. The number of nitrogens with one attached hydrogen (secondary N) is 2. The van der Waals surface area contributed by atoms with Gasteiger partial charge in [0, 0.05) is 47.8 Å². The number of ether oxygens (including phenoxy) is 1. The van der Waals surface area contributed by atoms with E-state index in [0.717, 1.165) is 47.0 Å². The molecule has 1 aliphatic carbocycles. The summed E-state index contributed by atoms with van der Waals surface area (Å²) >= 11 is 0. The molecule has 2 amide bonds. The van der Waals surface area contributed by atoms with Crippen LogP contribution in [0, 0.1) is 5.41 Å². The molecule has 0 atom stereocenters. The highest BCUT2D eigenvalue weighted by atomic mass is 16.6. The van der Waals surface area contributed by atoms with E-state index in [1.54, 1.807) is 6.07 Å². The van der Waals surface area contributed by atoms with Crippen molar-refractivity contribution in [3.63, 3.8) is 0 Å². The SMILES string of the molecule is CC1(C)CC(=O)n2c(c(-c3ccc(C(N)=O)c(N[C@H]4CC[C@H](OC(=O)NCCCC(=O)O)CC4)c3)c3ccccc32)C1. The third-order valence-corrected chi connectivity index (χ3v) is 8.22. The zero-order chi connectivity index (χ0) is 30.0. The third-order valence-electron chi connectivity index (χ3n) is 8.22. The van der Waals surface area contributed by atoms with Gasteiger partial charge in [-0.25, -0.2) is 4.79 Å². The van der Waals surface area contributed by atoms with Gasteiger partial charge in [0.25, 0.3) is 5.91 Å². The van der Waals surface area contributed by atoms with Crippen LogP contribution in [0.25, 0.3) is 22.0 Å². The topological polar surface area (TPSA) is 153 Å². The highest BCUT2D eigenvalue weighted by molar-refractivity contribution is 6.06. The molecule has 0 bridgehead atoms. The number of carbonyl (C=O) groups excluding carboxylic acids is 3. The fourth-order valence-electron chi connectivity index (χ4n) is 6.27. The van der Waals surface area contributed by atoms with Gasteiger partial charge in [0.1, 0.15) is 6.10 Å². The van der Waals surface area contributed by atoms with Gasteiger partial charge in [-0.3, -0.25) is 19.0 Å². The number of primary amides is 1. The van der Waals surface area contributed by atoms with E-state index in [0.29, 0.717) is 36.9 Å². The molecule has 3 aromatic rings. The van der Waals surface area contributed by atoms with Gasteiger partial charge in [0.15, 0.2) is 0 Å². The molecular formula is C32H38N4O6. The molecule has 42 heavy (non-hydrogen) atoms. The van der Waals surface area contributed by atoms with Gasteiger partial charge in [-0.05, 0) is 67.7 Å². The van der Waals surface area contributed by atoms with Crippen molar-refractivity contribution in [3.05, 3.63) is 53.7 Å². The summed E-state index contributed by atoms with van der Waals surface area (Å²) in [5.74, 6) is -1.34. The minimum Gasteiger partial charge on any atom is -0.481 e. The Morgan fingerprint density at radius 3 is 2.52 bits per heavy atom. The number of carboxylic acids is 1. The number of aliphatic carboxylic acids is 1. The molecule has 5 N–H and O–H groups in total. The van der Waals surface area contributed by atoms with Crippen LogP contribution in [0.3, 0.4) is 0 Å². The van der Waals surface area contributed by atoms with Crippen molar-refractivity contribution in [1.82, 2.24) is 9.88 Å². The molecule has 222 valence electrons. The largest absolute Gasteiger partial charge is 0.481 e. The van der Waals surface area contributed by atoms with E-state index < -0.39 is 18.0 Å². The minimum absolute atomic E-state index is 0.00891. The maximum absolute atomic E-state index is 13.2. The molecule has 1 saturated carbocycles. The number of hydrogen-bond donors (Lipinski definition) is 4. The van der Waals surface area contributed by atoms with Crippen molar-refractivity contribution in [2.24, 2.45) is 11.1 Å². The van der Waals surface area contributed by atoms with Crippen LogP contribution in [0.2, 0.25) is 0 Å². The molecule has 2 aromatic carbocycles. The number of para-hydroxylation sites is 1. The van der Waals surface area contributed by atoms with Gasteiger partial charge in [0.05, 0.1) is 11.1 Å². The molecule has 1 fully saturated rings. The van der Waals surface area contributed by atoms with Gasteiger partial charge < -0.3 is 26.2 Å². The van der Waals surface area contributed by atoms with E-state index in [4.69, 9.17) is 15.6 Å². The Bertz CT molecular complexity index is 1530. The summed E-state index contributed by atoms with van der Waals surface area (Å²) in [6.07, 6.45) is 3.56. The number of fused-ring (bicyclic) bond motifs is 3. The van der Waals surface area contributed by atoms with Crippen molar-refractivity contribution >= 4 is 40.5 Å². The van der Waals surface area contributed by atoms with E-state index in [1.807, 2.05) is 41.0 Å². The predicted octanol–water partition coefficient (Wildman–Crippen LogP) is 5.33. The zero-order valence-electron chi connectivity index (χ0n) is 24.1. The van der Waals surface area contributed by atoms with Crippen LogP contribution < -0.4 is 16.4 Å². The quantitative estimate of drug-likeness (QED) is 0.252. The Hall–Kier alpha value is -4.34. The van der Waals surface area contributed by atoms with Crippen LogP contribution in [-0.2, 0) is 16.0 Å². The lowest BCUT2D eigenvalue weighted by molar-refractivity contribution is -0.137. The molecule has 1 aromatic heterocycles. The lowest BCUT2D eigenvalue weighted by Gasteiger charge is -2.31. The summed E-state index contributed by atoms with van der Waals surface area (Å²) in [6, 6.07) is 13.6. The number of alkyl carbamates (subject to hydrolysis) is 1. The van der Waals surface area contributed by atoms with Crippen LogP contribution in [0.1, 0.15) is 79.6 Å². The summed E-state index contributed by atoms with van der Waals surface area (Å²) < 4.78 is 7.37. The molecule has 1 aliphatic heterocycles. The lowest BCUT2D eigenvalue weighted by Crippen LogP contribution is -2.35. The molecule has 2 heterocycles. The summed E-state index contributed by atoms with van der Waals surface area (Å²) in [6.45, 7) is 4.48. The minimum atomic E-state index is -0.901. The zero-order valence-corrected chi connectivity index (χ0v) is 24.1. The first-order chi connectivity index (χ1) is 20.0. The van der Waals surface area contributed by atoms with Gasteiger partial charge in [-0.2, -0.15) is 0 Å². The van der Waals surface area contributed by atoms with E-state index in [2.05, 4.69) is 24.5 Å². The lowest BCUT2D eigenvalue weighted by atomic mass is 9.80. The molecule has 0 spiro atoms. The maximum atomic E-state index is 13.2. The number of rotatable bonds is 9. The van der Waals surface area contributed by atoms with E-state index >= 15 is 0 Å². The van der Waals surface area contributed by atoms with Crippen LogP contribution in [0.4, 0.5) is 10.5 Å². The third kappa shape index (κ3) is 6.27. The average molecular weight is 575 g/mol. The monoisotopic (exact) mass is 574 g/mol. The van der Waals surface area contributed by atoms with Crippen LogP contribution in [0.15, 0.2) is 42.5 Å². The number of aromatic nitrogens is 1. The fraction of sp³-hybridized carbons (Fsp3) is 0.438. The second-order valence-electron chi connectivity index (χ2n) is 12.2. The Labute approximate surface area is 244 Å². The standard InChI is InChI=1S/C32H38N4O6/c1-32(2)17-26-29(23-6-3-4-7-25(23)36(26)27(37)18-32)19-9-14-22(30(33)40)24(16-19)35-20-10-12-21(13-11-20)42-31(41)34-15-5-8-28(38)39/h3-4,6-7,9,14,16,20-21,35H,5,8,10-13,15,17-18H2,1-2H3,(H2,33,40)(H,34,41)(H,38,39)/t20-,21-. The summed E-state index contributed by atoms with van der Waals surface area (Å²) in [5.41, 5.74) is 10.4. The normalized spacial score (nSPS) is 19.6. The van der Waals surface area contributed by atoms with Crippen molar-refractivity contribution < 1.29 is 29.0 Å². The average Bonchev–Trinajstić information content (AvgIpc) is 3.25. The van der Waals surface area contributed by atoms with Crippen molar-refractivity contribution in [2.45, 2.75) is 77.4 Å². The number of hydrogen-bond acceptors (Lipinski definition) is 6. The second kappa shape index (κ2) is 11.9. The number of carbonyl (C=O) groups is 4. The van der Waals surface area contributed by atoms with Crippen LogP contribution >= 0.6 is 0 Å². The number of benzene rings is 2. The Morgan fingerprint density at radius 2 is 1.81 bits per heavy atom. The molecule has 0 unspecified atom stereocenters. The van der Waals surface area contributed by atoms with E-state index in [-0.39, 0.29) is 36.4 Å². The molecule has 0 radical (unpaired) electrons. The number of nitrogens with two attached hydrogens (primary N) is 1. The fourth-order valence-corrected chi connectivity index (χ4v) is 6.27. The van der Waals surface area contributed by atoms with Crippen molar-refractivity contribution in [1.29, 1.82) is 0 Å². The van der Waals surface area contributed by atoms with E-state index in [9.17, 15) is 19.2 Å². The summed E-state index contributed by atoms with van der Waals surface area (Å²) in [5, 5.41) is 15.8. The highest BCUT2D eigenvalue weighted by Gasteiger charge is 2.35. The Kier molecular flexibility index (Phi) is 8.24. The predicted molar refractivity (Wildman–Crippen MR) is 160 cm³/mol. The number of carboxylic acid groups (broad SMARTS) is 1. The van der Waals surface area contributed by atoms with Crippen LogP contribution in [0.5, 0.6) is 0 Å². The van der Waals surface area contributed by atoms with Gasteiger partial charge in [0.2, 0.25) is 5.91 Å². The molecule has 2 aliphatic rings. The Balaban J connectivity index is 1.34. The number of amides is 2. The smallest absolute Gasteiger partial charge is 0.407 e. The van der Waals surface area contributed by atoms with Gasteiger partial charge in [-0.1, -0.05) is 38.1 Å². The first-order valence-corrected chi connectivity index (χ1v) is 14.5. The Morgan fingerprint density at radius 1 is 1.07 bits per heavy atom. The van der Waals surface area contributed by atoms with E-state index in [1.165, 1.54) is 0 Å². The highest BCUT2D eigenvalue weighted by Crippen LogP contribution is 2.43. The van der Waals surface area contributed by atoms with Crippen molar-refractivity contribution in [2.75, 3.05) is 11.9 Å². The summed E-state index contributed by atoms with van der Waals surface area (Å²) in [7, 11) is 0.